The Hall–Kier alpha value is -2.68. The number of unbranched alkanes of at least 4 members (excludes halogenated alkanes) is 1. The molecule has 2 aliphatic rings. The molecule has 1 fully saturated rings. The van der Waals surface area contributed by atoms with Gasteiger partial charge in [-0.15, -0.1) is 10.2 Å². The number of likely N-dealkylation sites (tertiary alicyclic amines) is 1. The van der Waals surface area contributed by atoms with Crippen LogP contribution in [0, 0.1) is 0 Å². The van der Waals surface area contributed by atoms with E-state index in [1.54, 1.807) is 18.2 Å². The van der Waals surface area contributed by atoms with Crippen molar-refractivity contribution in [1.29, 1.82) is 0 Å². The summed E-state index contributed by atoms with van der Waals surface area (Å²) in [5.41, 5.74) is 0.600. The number of benzene rings is 1. The molecule has 2 amide bonds. The molecule has 4 rings (SSSR count). The van der Waals surface area contributed by atoms with E-state index in [0.717, 1.165) is 37.2 Å². The summed E-state index contributed by atoms with van der Waals surface area (Å²) in [4.78, 5) is 26.9. The molecular formula is C19H22N4O4S. The Morgan fingerprint density at radius 1 is 1.29 bits per heavy atom. The fourth-order valence-corrected chi connectivity index (χ4v) is 4.30. The molecule has 0 unspecified atom stereocenters. The van der Waals surface area contributed by atoms with E-state index in [4.69, 9.17) is 9.47 Å². The van der Waals surface area contributed by atoms with Crippen LogP contribution in [0.4, 0.5) is 5.69 Å². The van der Waals surface area contributed by atoms with E-state index in [1.807, 2.05) is 4.90 Å². The van der Waals surface area contributed by atoms with Crippen LogP contribution in [0.25, 0.3) is 0 Å². The van der Waals surface area contributed by atoms with Crippen LogP contribution >= 0.6 is 11.3 Å². The van der Waals surface area contributed by atoms with Crippen molar-refractivity contribution < 1.29 is 19.1 Å². The van der Waals surface area contributed by atoms with E-state index in [1.165, 1.54) is 11.3 Å². The molecule has 1 aromatic heterocycles. The van der Waals surface area contributed by atoms with Crippen molar-refractivity contribution in [2.75, 3.05) is 18.7 Å². The number of carbonyl (C=O) groups is 2. The molecule has 1 saturated heterocycles. The molecule has 9 heteroatoms. The maximum Gasteiger partial charge on any atom is 0.286 e. The predicted octanol–water partition coefficient (Wildman–Crippen LogP) is 3.37. The highest BCUT2D eigenvalue weighted by molar-refractivity contribution is 7.13. The molecule has 2 aromatic rings. The van der Waals surface area contributed by atoms with Crippen molar-refractivity contribution in [1.82, 2.24) is 15.1 Å². The third kappa shape index (κ3) is 3.80. The largest absolute Gasteiger partial charge is 0.454 e. The highest BCUT2D eigenvalue weighted by Gasteiger charge is 2.32. The second-order valence-electron chi connectivity index (χ2n) is 6.82. The summed E-state index contributed by atoms with van der Waals surface area (Å²) in [5, 5.41) is 12.1. The number of fused-ring (bicyclic) bond motifs is 1. The minimum atomic E-state index is -0.329. The monoisotopic (exact) mass is 402 g/mol. The highest BCUT2D eigenvalue weighted by Crippen LogP contribution is 2.36. The van der Waals surface area contributed by atoms with Gasteiger partial charge < -0.3 is 19.7 Å². The zero-order chi connectivity index (χ0) is 19.5. The number of carbonyl (C=O) groups excluding carboxylic acids is 2. The van der Waals surface area contributed by atoms with Crippen LogP contribution in [0.2, 0.25) is 0 Å². The van der Waals surface area contributed by atoms with Crippen molar-refractivity contribution in [3.8, 4) is 11.5 Å². The maximum absolute atomic E-state index is 12.5. The number of ether oxygens (including phenoxy) is 2. The lowest BCUT2D eigenvalue weighted by Gasteiger charge is -2.22. The van der Waals surface area contributed by atoms with Crippen LogP contribution in [0.1, 0.15) is 59.9 Å². The number of nitrogens with one attached hydrogen (secondary N) is 1. The van der Waals surface area contributed by atoms with Crippen LogP contribution in [0.15, 0.2) is 18.2 Å². The fraction of sp³-hybridized carbons (Fsp3) is 0.474. The van der Waals surface area contributed by atoms with Gasteiger partial charge in [-0.3, -0.25) is 9.59 Å². The maximum atomic E-state index is 12.5. The standard InChI is InChI=1S/C19H22N4O4S/c1-2-3-6-16(24)23-9-4-5-13(23)18-21-22-19(28-18)17(25)20-12-7-8-14-15(10-12)27-11-26-14/h7-8,10,13H,2-6,9,11H2,1H3,(H,20,25)/t13-/m1/s1. The van der Waals surface area contributed by atoms with Crippen LogP contribution in [-0.2, 0) is 4.79 Å². The molecule has 3 heterocycles. The SMILES string of the molecule is CCCCC(=O)N1CCC[C@@H]1c1nnc(C(=O)Nc2ccc3c(c2)OCO3)s1. The highest BCUT2D eigenvalue weighted by atomic mass is 32.1. The quantitative estimate of drug-likeness (QED) is 0.796. The van der Waals surface area contributed by atoms with E-state index < -0.39 is 0 Å². The summed E-state index contributed by atoms with van der Waals surface area (Å²) in [7, 11) is 0. The van der Waals surface area contributed by atoms with Gasteiger partial charge in [0, 0.05) is 24.7 Å². The van der Waals surface area contributed by atoms with E-state index in [0.29, 0.717) is 23.6 Å². The fourth-order valence-electron chi connectivity index (χ4n) is 3.41. The van der Waals surface area contributed by atoms with Gasteiger partial charge in [-0.25, -0.2) is 0 Å². The summed E-state index contributed by atoms with van der Waals surface area (Å²) in [6.07, 6.45) is 4.25. The molecule has 0 saturated carbocycles. The van der Waals surface area contributed by atoms with Gasteiger partial charge in [0.15, 0.2) is 11.5 Å². The zero-order valence-corrected chi connectivity index (χ0v) is 16.5. The first-order chi connectivity index (χ1) is 13.7. The van der Waals surface area contributed by atoms with Gasteiger partial charge in [-0.1, -0.05) is 24.7 Å². The molecule has 0 radical (unpaired) electrons. The first-order valence-corrected chi connectivity index (χ1v) is 10.3. The average Bonchev–Trinajstić information content (AvgIpc) is 3.45. The van der Waals surface area contributed by atoms with Crippen molar-refractivity contribution in [2.45, 2.75) is 45.1 Å². The first kappa shape index (κ1) is 18.7. The lowest BCUT2D eigenvalue weighted by atomic mass is 10.2. The normalized spacial score (nSPS) is 17.8. The van der Waals surface area contributed by atoms with Gasteiger partial charge in [0.2, 0.25) is 17.7 Å². The van der Waals surface area contributed by atoms with E-state index in [9.17, 15) is 9.59 Å². The summed E-state index contributed by atoms with van der Waals surface area (Å²) in [6, 6.07) is 5.14. The molecule has 0 spiro atoms. The topological polar surface area (TPSA) is 93.7 Å². The van der Waals surface area contributed by atoms with Gasteiger partial charge in [-0.2, -0.15) is 0 Å². The van der Waals surface area contributed by atoms with Gasteiger partial charge in [0.25, 0.3) is 5.91 Å². The summed E-state index contributed by atoms with van der Waals surface area (Å²) < 4.78 is 10.6. The number of anilines is 1. The molecule has 0 aliphatic carbocycles. The van der Waals surface area contributed by atoms with Crippen LogP contribution in [0.5, 0.6) is 11.5 Å². The number of hydrogen-bond donors (Lipinski definition) is 1. The van der Waals surface area contributed by atoms with Crippen LogP contribution in [0.3, 0.4) is 0 Å². The third-order valence-corrected chi connectivity index (χ3v) is 5.89. The molecule has 148 valence electrons. The Kier molecular flexibility index (Phi) is 5.43. The lowest BCUT2D eigenvalue weighted by molar-refractivity contribution is -0.132. The summed E-state index contributed by atoms with van der Waals surface area (Å²) in [5.74, 6) is 1.09. The number of nitrogens with zero attached hydrogens (tertiary/aromatic N) is 3. The van der Waals surface area contributed by atoms with Crippen molar-refractivity contribution in [2.24, 2.45) is 0 Å². The number of hydrogen-bond acceptors (Lipinski definition) is 7. The molecule has 1 N–H and O–H groups in total. The van der Waals surface area contributed by atoms with E-state index >= 15 is 0 Å². The second-order valence-corrected chi connectivity index (χ2v) is 7.83. The van der Waals surface area contributed by atoms with Crippen molar-refractivity contribution >= 4 is 28.8 Å². The predicted molar refractivity (Wildman–Crippen MR) is 104 cm³/mol. The molecule has 1 aromatic carbocycles. The first-order valence-electron chi connectivity index (χ1n) is 9.49. The Balaban J connectivity index is 1.43. The molecule has 0 bridgehead atoms. The average molecular weight is 402 g/mol. The van der Waals surface area contributed by atoms with Gasteiger partial charge in [0.1, 0.15) is 5.01 Å². The smallest absolute Gasteiger partial charge is 0.286 e. The molecular weight excluding hydrogens is 380 g/mol. The lowest BCUT2D eigenvalue weighted by Crippen LogP contribution is -2.30. The van der Waals surface area contributed by atoms with Crippen LogP contribution < -0.4 is 14.8 Å². The Bertz CT molecular complexity index is 885. The van der Waals surface area contributed by atoms with Gasteiger partial charge in [0.05, 0.1) is 6.04 Å². The van der Waals surface area contributed by atoms with Gasteiger partial charge >= 0.3 is 0 Å². The van der Waals surface area contributed by atoms with E-state index in [-0.39, 0.29) is 29.7 Å². The number of amides is 2. The Labute approximate surface area is 166 Å². The summed E-state index contributed by atoms with van der Waals surface area (Å²) >= 11 is 1.24. The minimum absolute atomic E-state index is 0.0750. The zero-order valence-electron chi connectivity index (χ0n) is 15.6. The van der Waals surface area contributed by atoms with Crippen molar-refractivity contribution in [3.05, 3.63) is 28.2 Å². The second kappa shape index (κ2) is 8.14. The van der Waals surface area contributed by atoms with Crippen LogP contribution in [-0.4, -0.2) is 40.2 Å². The summed E-state index contributed by atoms with van der Waals surface area (Å²) in [6.45, 7) is 3.00. The number of rotatable bonds is 6. The van der Waals surface area contributed by atoms with E-state index in [2.05, 4.69) is 22.4 Å². The third-order valence-electron chi connectivity index (χ3n) is 4.87. The minimum Gasteiger partial charge on any atom is -0.454 e. The number of aromatic nitrogens is 2. The molecule has 2 aliphatic heterocycles. The van der Waals surface area contributed by atoms with Crippen molar-refractivity contribution in [3.63, 3.8) is 0 Å². The molecule has 1 atom stereocenters. The Morgan fingerprint density at radius 2 is 2.14 bits per heavy atom. The Morgan fingerprint density at radius 3 is 3.00 bits per heavy atom. The van der Waals surface area contributed by atoms with Gasteiger partial charge in [-0.05, 0) is 31.4 Å². The molecule has 28 heavy (non-hydrogen) atoms. The molecule has 8 nitrogen and oxygen atoms in total.